The van der Waals surface area contributed by atoms with Crippen LogP contribution in [0, 0.1) is 42.9 Å². The van der Waals surface area contributed by atoms with Crippen molar-refractivity contribution < 1.29 is 22.0 Å². The van der Waals surface area contributed by atoms with Crippen LogP contribution in [-0.4, -0.2) is 41.2 Å². The van der Waals surface area contributed by atoms with Gasteiger partial charge in [-0.1, -0.05) is 63.6 Å². The summed E-state index contributed by atoms with van der Waals surface area (Å²) in [6, 6.07) is 9.52. The predicted octanol–water partition coefficient (Wildman–Crippen LogP) is 9.69. The molecule has 10 heteroatoms. The van der Waals surface area contributed by atoms with Gasteiger partial charge in [-0.05, 0) is 67.3 Å². The van der Waals surface area contributed by atoms with Crippen molar-refractivity contribution in [1.29, 1.82) is 0 Å². The smallest absolute Gasteiger partial charge is 0.200 e. The Hall–Kier alpha value is -3.46. The Morgan fingerprint density at radius 1 is 0.767 bits per heavy atom. The number of aryl methyl sites for hydroxylation is 2. The summed E-state index contributed by atoms with van der Waals surface area (Å²) in [5.41, 5.74) is 3.55. The number of rotatable bonds is 5. The minimum absolute atomic E-state index is 0.0526. The number of benzene rings is 3. The van der Waals surface area contributed by atoms with Crippen LogP contribution in [-0.2, 0) is 0 Å². The molecule has 0 aromatic heterocycles. The molecule has 0 N–H and O–H groups in total. The van der Waals surface area contributed by atoms with Crippen LogP contribution < -0.4 is 0 Å². The summed E-state index contributed by atoms with van der Waals surface area (Å²) in [6.07, 6.45) is 0.519. The molecule has 230 valence electrons. The maximum absolute atomic E-state index is 15.3. The lowest BCUT2D eigenvalue weighted by molar-refractivity contribution is 0.211. The van der Waals surface area contributed by atoms with E-state index in [0.29, 0.717) is 24.4 Å². The van der Waals surface area contributed by atoms with Crippen molar-refractivity contribution in [2.75, 3.05) is 19.8 Å². The van der Waals surface area contributed by atoms with Crippen LogP contribution in [0.2, 0.25) is 5.02 Å². The van der Waals surface area contributed by atoms with Crippen molar-refractivity contribution in [2.24, 2.45) is 9.98 Å². The van der Waals surface area contributed by atoms with Crippen molar-refractivity contribution in [3.63, 3.8) is 0 Å². The largest absolute Gasteiger partial charge is 0.342 e. The molecule has 43 heavy (non-hydrogen) atoms. The van der Waals surface area contributed by atoms with Gasteiger partial charge in [0.25, 0.3) is 0 Å². The van der Waals surface area contributed by atoms with Gasteiger partial charge in [0.1, 0.15) is 11.7 Å². The topological polar surface area (TPSA) is 31.2 Å². The van der Waals surface area contributed by atoms with E-state index in [1.54, 1.807) is 19.1 Å². The maximum Gasteiger partial charge on any atom is 0.200 e. The highest BCUT2D eigenvalue weighted by molar-refractivity contribution is 6.33. The standard InChI is InChI=1S/C33H36ClF5N4/c1-17(2)22-10-8-11-23(18(3)4)32(22)40-21(7)42-12-9-13-43(16-42)33(41-31-20(6)14-19(5)15-24(31)34)25-26(35)28(37)30(39)29(38)27(25)36/h8,10-11,14-15,17-18H,9,12-13,16H2,1-7H3. The summed E-state index contributed by atoms with van der Waals surface area (Å²) >= 11 is 6.47. The number of amidine groups is 2. The first-order chi connectivity index (χ1) is 20.2. The van der Waals surface area contributed by atoms with E-state index >= 15 is 8.78 Å². The van der Waals surface area contributed by atoms with Gasteiger partial charge in [-0.3, -0.25) is 0 Å². The molecule has 0 spiro atoms. The van der Waals surface area contributed by atoms with Crippen LogP contribution in [0.3, 0.4) is 0 Å². The maximum atomic E-state index is 15.3. The highest BCUT2D eigenvalue weighted by Crippen LogP contribution is 2.36. The normalized spacial score (nSPS) is 14.9. The minimum atomic E-state index is -2.23. The number of nitrogens with zero attached hydrogens (tertiary/aromatic N) is 4. The van der Waals surface area contributed by atoms with E-state index in [1.165, 1.54) is 4.90 Å². The molecule has 0 atom stereocenters. The number of halogens is 6. The van der Waals surface area contributed by atoms with E-state index in [-0.39, 0.29) is 35.8 Å². The number of hydrogen-bond acceptors (Lipinski definition) is 2. The Morgan fingerprint density at radius 2 is 1.30 bits per heavy atom. The summed E-state index contributed by atoms with van der Waals surface area (Å²) in [6.45, 7) is 14.7. The van der Waals surface area contributed by atoms with Gasteiger partial charge in [0.15, 0.2) is 23.3 Å². The summed E-state index contributed by atoms with van der Waals surface area (Å²) in [7, 11) is 0. The van der Waals surface area contributed by atoms with E-state index in [9.17, 15) is 13.2 Å². The Morgan fingerprint density at radius 3 is 1.84 bits per heavy atom. The highest BCUT2D eigenvalue weighted by atomic mass is 35.5. The Labute approximate surface area is 254 Å². The molecule has 1 fully saturated rings. The Balaban J connectivity index is 1.86. The second kappa shape index (κ2) is 13.0. The lowest BCUT2D eigenvalue weighted by atomic mass is 9.93. The lowest BCUT2D eigenvalue weighted by Crippen LogP contribution is -2.49. The van der Waals surface area contributed by atoms with Crippen LogP contribution in [0.25, 0.3) is 0 Å². The average molecular weight is 619 g/mol. The van der Waals surface area contributed by atoms with E-state index in [1.807, 2.05) is 36.9 Å². The molecule has 1 aliphatic rings. The quantitative estimate of drug-likeness (QED) is 0.0937. The molecule has 3 aromatic rings. The number of aliphatic imine (C=N–C) groups is 2. The summed E-state index contributed by atoms with van der Waals surface area (Å²) in [5, 5.41) is 0.192. The third kappa shape index (κ3) is 6.56. The second-order valence-corrected chi connectivity index (χ2v) is 12.0. The molecule has 1 aliphatic heterocycles. The molecule has 0 aliphatic carbocycles. The first kappa shape index (κ1) is 32.5. The Kier molecular flexibility index (Phi) is 9.84. The highest BCUT2D eigenvalue weighted by Gasteiger charge is 2.33. The predicted molar refractivity (Wildman–Crippen MR) is 164 cm³/mol. The Bertz CT molecular complexity index is 1520. The molecule has 0 bridgehead atoms. The van der Waals surface area contributed by atoms with Crippen LogP contribution in [0.4, 0.5) is 33.3 Å². The van der Waals surface area contributed by atoms with Crippen molar-refractivity contribution in [3.05, 3.63) is 92.3 Å². The van der Waals surface area contributed by atoms with Gasteiger partial charge in [-0.25, -0.2) is 31.9 Å². The fourth-order valence-corrected chi connectivity index (χ4v) is 5.72. The zero-order valence-electron chi connectivity index (χ0n) is 25.4. The van der Waals surface area contributed by atoms with Gasteiger partial charge >= 0.3 is 0 Å². The molecule has 0 amide bonds. The second-order valence-electron chi connectivity index (χ2n) is 11.6. The van der Waals surface area contributed by atoms with Gasteiger partial charge < -0.3 is 9.80 Å². The number of para-hydroxylation sites is 1. The van der Waals surface area contributed by atoms with Crippen LogP contribution in [0.5, 0.6) is 0 Å². The molecule has 1 saturated heterocycles. The molecular formula is C33H36ClF5N4. The van der Waals surface area contributed by atoms with Crippen LogP contribution in [0.15, 0.2) is 40.3 Å². The number of hydrogen-bond donors (Lipinski definition) is 0. The van der Waals surface area contributed by atoms with Crippen molar-refractivity contribution in [3.8, 4) is 0 Å². The average Bonchev–Trinajstić information content (AvgIpc) is 2.95. The van der Waals surface area contributed by atoms with Gasteiger partial charge in [-0.15, -0.1) is 0 Å². The molecule has 0 unspecified atom stereocenters. The van der Waals surface area contributed by atoms with Gasteiger partial charge in [0, 0.05) is 13.1 Å². The molecule has 0 radical (unpaired) electrons. The zero-order valence-corrected chi connectivity index (χ0v) is 26.2. The SMILES string of the molecule is CC(=Nc1c(C(C)C)cccc1C(C)C)N1CCCN(C(=Nc2c(C)cc(C)cc2Cl)c2c(F)c(F)c(F)c(F)c2F)C1. The summed E-state index contributed by atoms with van der Waals surface area (Å²) in [4.78, 5) is 12.9. The van der Waals surface area contributed by atoms with Crippen molar-refractivity contribution in [2.45, 2.75) is 66.7 Å². The van der Waals surface area contributed by atoms with E-state index in [0.717, 1.165) is 22.4 Å². The van der Waals surface area contributed by atoms with E-state index in [2.05, 4.69) is 32.7 Å². The summed E-state index contributed by atoms with van der Waals surface area (Å²) < 4.78 is 73.4. The first-order valence-electron chi connectivity index (χ1n) is 14.3. The minimum Gasteiger partial charge on any atom is -0.342 e. The van der Waals surface area contributed by atoms with E-state index in [4.69, 9.17) is 16.6 Å². The fourth-order valence-electron chi connectivity index (χ4n) is 5.35. The monoisotopic (exact) mass is 618 g/mol. The molecular weight excluding hydrogens is 583 g/mol. The third-order valence-corrected chi connectivity index (χ3v) is 7.91. The zero-order chi connectivity index (χ0) is 31.7. The van der Waals surface area contributed by atoms with Crippen LogP contribution in [0.1, 0.15) is 80.7 Å². The van der Waals surface area contributed by atoms with Crippen molar-refractivity contribution in [1.82, 2.24) is 9.80 Å². The van der Waals surface area contributed by atoms with Gasteiger partial charge in [0.05, 0.1) is 28.6 Å². The molecule has 0 saturated carbocycles. The fraction of sp³-hybridized carbons (Fsp3) is 0.394. The first-order valence-corrected chi connectivity index (χ1v) is 14.7. The summed E-state index contributed by atoms with van der Waals surface area (Å²) in [5.74, 6) is -9.51. The van der Waals surface area contributed by atoms with E-state index < -0.39 is 40.5 Å². The van der Waals surface area contributed by atoms with Crippen molar-refractivity contribution >= 4 is 34.6 Å². The van der Waals surface area contributed by atoms with Gasteiger partial charge in [0.2, 0.25) is 5.82 Å². The molecule has 3 aromatic carbocycles. The van der Waals surface area contributed by atoms with Gasteiger partial charge in [-0.2, -0.15) is 0 Å². The molecule has 4 nitrogen and oxygen atoms in total. The third-order valence-electron chi connectivity index (χ3n) is 7.62. The molecule has 4 rings (SSSR count). The van der Waals surface area contributed by atoms with Crippen LogP contribution >= 0.6 is 11.6 Å². The lowest BCUT2D eigenvalue weighted by Gasteiger charge is -2.39. The molecule has 1 heterocycles.